The Bertz CT molecular complexity index is 275. The molecule has 2 heteroatoms. The van der Waals surface area contributed by atoms with Crippen LogP contribution in [-0.4, -0.2) is 25.3 Å². The van der Waals surface area contributed by atoms with Crippen molar-refractivity contribution in [3.63, 3.8) is 0 Å². The van der Waals surface area contributed by atoms with Crippen LogP contribution >= 0.6 is 0 Å². The van der Waals surface area contributed by atoms with E-state index in [2.05, 4.69) is 26.1 Å². The summed E-state index contributed by atoms with van der Waals surface area (Å²) in [5, 5.41) is 3.86. The van der Waals surface area contributed by atoms with Gasteiger partial charge in [0.05, 0.1) is 6.10 Å². The van der Waals surface area contributed by atoms with E-state index in [0.29, 0.717) is 6.10 Å². The fraction of sp³-hybridized carbons (Fsp3) is 1.00. The fourth-order valence-electron chi connectivity index (χ4n) is 4.19. The van der Waals surface area contributed by atoms with Crippen molar-refractivity contribution in [3.05, 3.63) is 0 Å². The molecule has 5 atom stereocenters. The first-order valence-electron chi connectivity index (χ1n) is 9.55. The van der Waals surface area contributed by atoms with E-state index < -0.39 is 0 Å². The monoisotopic (exact) mass is 295 g/mol. The van der Waals surface area contributed by atoms with Crippen molar-refractivity contribution < 1.29 is 4.74 Å². The van der Waals surface area contributed by atoms with E-state index in [9.17, 15) is 0 Å². The minimum atomic E-state index is 0.546. The second-order valence-electron chi connectivity index (χ2n) is 7.65. The molecule has 2 fully saturated rings. The average molecular weight is 296 g/mol. The zero-order valence-electron chi connectivity index (χ0n) is 14.6. The lowest BCUT2D eigenvalue weighted by Gasteiger charge is -2.38. The predicted molar refractivity (Wildman–Crippen MR) is 90.6 cm³/mol. The summed E-state index contributed by atoms with van der Waals surface area (Å²) in [7, 11) is 0. The molecule has 0 spiro atoms. The van der Waals surface area contributed by atoms with E-state index in [0.717, 1.165) is 30.4 Å². The van der Waals surface area contributed by atoms with Crippen LogP contribution in [0.25, 0.3) is 0 Å². The maximum atomic E-state index is 5.93. The Morgan fingerprint density at radius 2 is 1.95 bits per heavy atom. The van der Waals surface area contributed by atoms with Gasteiger partial charge in [-0.15, -0.1) is 0 Å². The Hall–Kier alpha value is -0.0800. The van der Waals surface area contributed by atoms with Crippen molar-refractivity contribution in [2.24, 2.45) is 17.8 Å². The SMILES string of the molecule is CCCNC(CCC1CCCCO1)C1CCC(C)C(C)C1. The van der Waals surface area contributed by atoms with Crippen molar-refractivity contribution in [1.29, 1.82) is 0 Å². The van der Waals surface area contributed by atoms with E-state index in [4.69, 9.17) is 4.74 Å². The van der Waals surface area contributed by atoms with Crippen LogP contribution in [0.2, 0.25) is 0 Å². The maximum absolute atomic E-state index is 5.93. The van der Waals surface area contributed by atoms with E-state index >= 15 is 0 Å². The smallest absolute Gasteiger partial charge is 0.0575 e. The van der Waals surface area contributed by atoms with E-state index in [-0.39, 0.29) is 0 Å². The second-order valence-corrected chi connectivity index (χ2v) is 7.65. The Morgan fingerprint density at radius 1 is 1.10 bits per heavy atom. The lowest BCUT2D eigenvalue weighted by atomic mass is 9.72. The number of hydrogen-bond donors (Lipinski definition) is 1. The van der Waals surface area contributed by atoms with Gasteiger partial charge in [-0.3, -0.25) is 0 Å². The minimum Gasteiger partial charge on any atom is -0.378 e. The molecule has 21 heavy (non-hydrogen) atoms. The van der Waals surface area contributed by atoms with Crippen LogP contribution < -0.4 is 5.32 Å². The van der Waals surface area contributed by atoms with Gasteiger partial charge in [-0.2, -0.15) is 0 Å². The molecule has 1 saturated carbocycles. The Balaban J connectivity index is 1.81. The summed E-state index contributed by atoms with van der Waals surface area (Å²) >= 11 is 0. The van der Waals surface area contributed by atoms with Crippen LogP contribution in [0.15, 0.2) is 0 Å². The molecule has 2 rings (SSSR count). The summed E-state index contributed by atoms with van der Waals surface area (Å²) in [5.41, 5.74) is 0. The molecule has 124 valence electrons. The van der Waals surface area contributed by atoms with Gasteiger partial charge in [-0.1, -0.05) is 27.2 Å². The first-order valence-corrected chi connectivity index (χ1v) is 9.55. The van der Waals surface area contributed by atoms with Gasteiger partial charge in [0.25, 0.3) is 0 Å². The number of hydrogen-bond acceptors (Lipinski definition) is 2. The fourth-order valence-corrected chi connectivity index (χ4v) is 4.19. The molecule has 1 saturated heterocycles. The highest BCUT2D eigenvalue weighted by Gasteiger charge is 2.30. The lowest BCUT2D eigenvalue weighted by Crippen LogP contribution is -2.40. The van der Waals surface area contributed by atoms with Gasteiger partial charge >= 0.3 is 0 Å². The van der Waals surface area contributed by atoms with E-state index in [1.165, 1.54) is 64.3 Å². The predicted octanol–water partition coefficient (Wildman–Crippen LogP) is 4.78. The summed E-state index contributed by atoms with van der Waals surface area (Å²) in [6.07, 6.45) is 12.6. The highest BCUT2D eigenvalue weighted by molar-refractivity contribution is 4.84. The van der Waals surface area contributed by atoms with E-state index in [1.807, 2.05) is 0 Å². The molecule has 1 heterocycles. The molecular weight excluding hydrogens is 258 g/mol. The molecule has 2 nitrogen and oxygen atoms in total. The van der Waals surface area contributed by atoms with Crippen molar-refractivity contribution in [2.75, 3.05) is 13.2 Å². The third kappa shape index (κ3) is 5.56. The normalized spacial score (nSPS) is 35.6. The third-order valence-electron chi connectivity index (χ3n) is 5.94. The number of rotatable bonds is 7. The van der Waals surface area contributed by atoms with Crippen molar-refractivity contribution in [2.45, 2.75) is 90.7 Å². The molecule has 0 aromatic carbocycles. The molecule has 1 aliphatic carbocycles. The van der Waals surface area contributed by atoms with Gasteiger partial charge in [0.2, 0.25) is 0 Å². The summed E-state index contributed by atoms with van der Waals surface area (Å²) in [5.74, 6) is 2.72. The lowest BCUT2D eigenvalue weighted by molar-refractivity contribution is 0.00643. The second kappa shape index (κ2) is 9.15. The van der Waals surface area contributed by atoms with Crippen LogP contribution in [0.5, 0.6) is 0 Å². The van der Waals surface area contributed by atoms with Crippen LogP contribution in [0.1, 0.15) is 78.6 Å². The van der Waals surface area contributed by atoms with Crippen molar-refractivity contribution >= 4 is 0 Å². The molecule has 1 N–H and O–H groups in total. The molecule has 5 unspecified atom stereocenters. The molecule has 0 bridgehead atoms. The zero-order valence-corrected chi connectivity index (χ0v) is 14.6. The first kappa shape index (κ1) is 17.3. The van der Waals surface area contributed by atoms with Crippen molar-refractivity contribution in [1.82, 2.24) is 5.32 Å². The van der Waals surface area contributed by atoms with Crippen LogP contribution in [0.4, 0.5) is 0 Å². The molecule has 0 radical (unpaired) electrons. The van der Waals surface area contributed by atoms with Gasteiger partial charge in [0, 0.05) is 12.6 Å². The van der Waals surface area contributed by atoms with Gasteiger partial charge in [0.1, 0.15) is 0 Å². The molecule has 1 aliphatic heterocycles. The molecule has 0 aromatic heterocycles. The largest absolute Gasteiger partial charge is 0.378 e. The summed E-state index contributed by atoms with van der Waals surface area (Å²) < 4.78 is 5.93. The van der Waals surface area contributed by atoms with Crippen LogP contribution in [-0.2, 0) is 4.74 Å². The van der Waals surface area contributed by atoms with Gasteiger partial charge in [-0.25, -0.2) is 0 Å². The molecule has 0 amide bonds. The average Bonchev–Trinajstić information content (AvgIpc) is 2.51. The Kier molecular flexibility index (Phi) is 7.53. The molecular formula is C19H37NO. The standard InChI is InChI=1S/C19H37NO/c1-4-12-20-19(11-10-18-7-5-6-13-21-18)17-9-8-15(2)16(3)14-17/h15-20H,4-14H2,1-3H3. The summed E-state index contributed by atoms with van der Waals surface area (Å²) in [6, 6.07) is 0.727. The van der Waals surface area contributed by atoms with Gasteiger partial charge in [-0.05, 0) is 75.7 Å². The number of ether oxygens (including phenoxy) is 1. The van der Waals surface area contributed by atoms with Gasteiger partial charge < -0.3 is 10.1 Å². The highest BCUT2D eigenvalue weighted by atomic mass is 16.5. The van der Waals surface area contributed by atoms with Crippen LogP contribution in [0.3, 0.4) is 0 Å². The summed E-state index contributed by atoms with van der Waals surface area (Å²) in [4.78, 5) is 0. The zero-order chi connectivity index (χ0) is 15.1. The third-order valence-corrected chi connectivity index (χ3v) is 5.94. The quantitative estimate of drug-likeness (QED) is 0.730. The molecule has 0 aromatic rings. The topological polar surface area (TPSA) is 21.3 Å². The van der Waals surface area contributed by atoms with Crippen LogP contribution in [0, 0.1) is 17.8 Å². The summed E-state index contributed by atoms with van der Waals surface area (Å²) in [6.45, 7) is 9.34. The van der Waals surface area contributed by atoms with Crippen molar-refractivity contribution in [3.8, 4) is 0 Å². The Labute approximate surface area is 132 Å². The van der Waals surface area contributed by atoms with E-state index in [1.54, 1.807) is 0 Å². The maximum Gasteiger partial charge on any atom is 0.0575 e. The van der Waals surface area contributed by atoms with Gasteiger partial charge in [0.15, 0.2) is 0 Å². The molecule has 2 aliphatic rings. The minimum absolute atomic E-state index is 0.546. The first-order chi connectivity index (χ1) is 10.2. The number of nitrogens with one attached hydrogen (secondary N) is 1. The Morgan fingerprint density at radius 3 is 2.62 bits per heavy atom. The highest BCUT2D eigenvalue weighted by Crippen LogP contribution is 2.36.